The van der Waals surface area contributed by atoms with Crippen LogP contribution in [0.25, 0.3) is 11.2 Å². The van der Waals surface area contributed by atoms with Crippen molar-refractivity contribution in [2.24, 2.45) is 0 Å². The van der Waals surface area contributed by atoms with Gasteiger partial charge in [-0.05, 0) is 6.42 Å². The number of halogens is 1. The Labute approximate surface area is 125 Å². The number of hydrogen-bond donors (Lipinski definition) is 3. The van der Waals surface area contributed by atoms with E-state index >= 15 is 4.39 Å². The van der Waals surface area contributed by atoms with Crippen LogP contribution in [0, 0.1) is 0 Å². The van der Waals surface area contributed by atoms with Crippen molar-refractivity contribution < 1.29 is 19.3 Å². The third-order valence-electron chi connectivity index (χ3n) is 4.32. The highest BCUT2D eigenvalue weighted by molar-refractivity contribution is 5.81. The fraction of sp³-hybridized carbons (Fsp3) is 0.615. The van der Waals surface area contributed by atoms with Gasteiger partial charge in [0.1, 0.15) is 23.5 Å². The molecular weight excluding hydrogens is 293 g/mol. The molecule has 0 unspecified atom stereocenters. The van der Waals surface area contributed by atoms with Gasteiger partial charge in [-0.25, -0.2) is 19.3 Å². The van der Waals surface area contributed by atoms with Crippen LogP contribution in [0.15, 0.2) is 12.7 Å². The van der Waals surface area contributed by atoms with Crippen molar-refractivity contribution in [1.29, 1.82) is 0 Å². The molecule has 2 aromatic rings. The molecule has 9 heteroatoms. The Morgan fingerprint density at radius 1 is 1.50 bits per heavy atom. The minimum absolute atomic E-state index is 0.205. The number of aromatic nitrogens is 4. The van der Waals surface area contributed by atoms with E-state index in [4.69, 9.17) is 10.5 Å². The Balaban J connectivity index is 1.93. The van der Waals surface area contributed by atoms with Crippen molar-refractivity contribution in [2.45, 2.75) is 37.3 Å². The number of nitrogen functional groups attached to an aromatic ring is 1. The summed E-state index contributed by atoms with van der Waals surface area (Å²) in [4.78, 5) is 11.9. The molecule has 0 spiro atoms. The van der Waals surface area contributed by atoms with Crippen LogP contribution in [0.2, 0.25) is 0 Å². The maximum atomic E-state index is 15.2. The average molecular weight is 311 g/mol. The molecule has 4 N–H and O–H groups in total. The molecule has 1 aliphatic heterocycles. The fourth-order valence-corrected chi connectivity index (χ4v) is 2.86. The van der Waals surface area contributed by atoms with Crippen LogP contribution in [0.3, 0.4) is 0 Å². The number of fused-ring (bicyclic) bond motifs is 1. The molecule has 0 aromatic carbocycles. The van der Waals surface area contributed by atoms with Gasteiger partial charge in [0.05, 0.1) is 26.1 Å². The second kappa shape index (κ2) is 5.11. The van der Waals surface area contributed by atoms with E-state index in [0.29, 0.717) is 17.6 Å². The van der Waals surface area contributed by atoms with E-state index in [9.17, 15) is 10.2 Å². The number of aliphatic hydroxyl groups excluding tert-OH is 2. The summed E-state index contributed by atoms with van der Waals surface area (Å²) in [6.45, 7) is 0.757. The lowest BCUT2D eigenvalue weighted by Crippen LogP contribution is -2.51. The fourth-order valence-electron chi connectivity index (χ4n) is 2.86. The second-order valence-electron chi connectivity index (χ2n) is 5.61. The molecule has 120 valence electrons. The van der Waals surface area contributed by atoms with Crippen LogP contribution in [0.1, 0.15) is 13.3 Å². The maximum Gasteiger partial charge on any atom is 0.180 e. The summed E-state index contributed by atoms with van der Waals surface area (Å²) in [5.41, 5.74) is 3.13. The van der Waals surface area contributed by atoms with E-state index in [1.165, 1.54) is 17.2 Å². The molecule has 1 fully saturated rings. The molecule has 3 rings (SSSR count). The molecule has 1 aliphatic rings. The summed E-state index contributed by atoms with van der Waals surface area (Å²) < 4.78 is 22.0. The van der Waals surface area contributed by atoms with Crippen LogP contribution in [0.4, 0.5) is 10.2 Å². The molecule has 0 aliphatic carbocycles. The topological polar surface area (TPSA) is 119 Å². The number of anilines is 1. The highest BCUT2D eigenvalue weighted by Crippen LogP contribution is 2.39. The van der Waals surface area contributed by atoms with E-state index in [0.717, 1.165) is 0 Å². The van der Waals surface area contributed by atoms with Crippen LogP contribution in [-0.2, 0) is 11.3 Å². The lowest BCUT2D eigenvalue weighted by molar-refractivity contribution is -0.100. The number of alkyl halides is 1. The van der Waals surface area contributed by atoms with Crippen LogP contribution < -0.4 is 5.73 Å². The lowest BCUT2D eigenvalue weighted by atomic mass is 9.87. The zero-order chi connectivity index (χ0) is 16.0. The standard InChI is InChI=1S/C13H18FN5O3/c1-2-13(4-20)11(21)12(14,5-22-13)3-19-7-18-8-9(15)16-6-17-10(8)19/h6-7,11,20-21H,2-5H2,1H3,(H2,15,16,17)/t11-,12+,13+/m0/s1. The minimum Gasteiger partial charge on any atom is -0.393 e. The van der Waals surface area contributed by atoms with Crippen LogP contribution in [0.5, 0.6) is 0 Å². The zero-order valence-corrected chi connectivity index (χ0v) is 12.1. The van der Waals surface area contributed by atoms with Gasteiger partial charge in [-0.15, -0.1) is 0 Å². The third kappa shape index (κ3) is 2.04. The molecule has 3 heterocycles. The van der Waals surface area contributed by atoms with Gasteiger partial charge in [-0.2, -0.15) is 0 Å². The third-order valence-corrected chi connectivity index (χ3v) is 4.32. The van der Waals surface area contributed by atoms with Gasteiger partial charge >= 0.3 is 0 Å². The monoisotopic (exact) mass is 311 g/mol. The first-order chi connectivity index (χ1) is 10.5. The normalized spacial score (nSPS) is 31.9. The summed E-state index contributed by atoms with van der Waals surface area (Å²) in [7, 11) is 0. The van der Waals surface area contributed by atoms with Gasteiger partial charge < -0.3 is 25.3 Å². The van der Waals surface area contributed by atoms with E-state index in [2.05, 4.69) is 15.0 Å². The Hall–Kier alpha value is -1.84. The Kier molecular flexibility index (Phi) is 3.50. The summed E-state index contributed by atoms with van der Waals surface area (Å²) in [6, 6.07) is 0. The van der Waals surface area contributed by atoms with Gasteiger partial charge in [0, 0.05) is 0 Å². The molecule has 22 heavy (non-hydrogen) atoms. The SMILES string of the molecule is CC[C@]1(CO)OC[C@](F)(Cn2cnc3c(N)ncnc32)[C@@H]1O. The summed E-state index contributed by atoms with van der Waals surface area (Å²) in [6.07, 6.45) is 1.52. The largest absolute Gasteiger partial charge is 0.393 e. The second-order valence-corrected chi connectivity index (χ2v) is 5.61. The number of nitrogens with two attached hydrogens (primary N) is 1. The van der Waals surface area contributed by atoms with Crippen molar-refractivity contribution in [3.8, 4) is 0 Å². The highest BCUT2D eigenvalue weighted by Gasteiger charge is 2.58. The Bertz CT molecular complexity index is 689. The summed E-state index contributed by atoms with van der Waals surface area (Å²) in [5, 5.41) is 19.8. The number of hydrogen-bond acceptors (Lipinski definition) is 7. The summed E-state index contributed by atoms with van der Waals surface area (Å²) >= 11 is 0. The smallest absolute Gasteiger partial charge is 0.180 e. The van der Waals surface area contributed by atoms with E-state index in [1.807, 2.05) is 0 Å². The predicted molar refractivity (Wildman–Crippen MR) is 75.6 cm³/mol. The molecule has 1 saturated heterocycles. The molecule has 8 nitrogen and oxygen atoms in total. The molecule has 3 atom stereocenters. The first kappa shape index (κ1) is 15.1. The van der Waals surface area contributed by atoms with Crippen molar-refractivity contribution in [3.63, 3.8) is 0 Å². The molecule has 0 amide bonds. The van der Waals surface area contributed by atoms with Gasteiger partial charge in [0.15, 0.2) is 17.1 Å². The van der Waals surface area contributed by atoms with E-state index < -0.39 is 24.0 Å². The van der Waals surface area contributed by atoms with Crippen LogP contribution >= 0.6 is 0 Å². The van der Waals surface area contributed by atoms with Crippen LogP contribution in [-0.4, -0.2) is 60.3 Å². The lowest BCUT2D eigenvalue weighted by Gasteiger charge is -2.31. The quantitative estimate of drug-likeness (QED) is 0.706. The molecule has 2 aromatic heterocycles. The van der Waals surface area contributed by atoms with Gasteiger partial charge in [0.25, 0.3) is 0 Å². The van der Waals surface area contributed by atoms with Crippen molar-refractivity contribution in [1.82, 2.24) is 19.5 Å². The number of imidazole rings is 1. The van der Waals surface area contributed by atoms with E-state index in [1.54, 1.807) is 6.92 Å². The summed E-state index contributed by atoms with van der Waals surface area (Å²) in [5.74, 6) is 0.207. The minimum atomic E-state index is -2.05. The molecule has 0 radical (unpaired) electrons. The van der Waals surface area contributed by atoms with Crippen molar-refractivity contribution in [2.75, 3.05) is 18.9 Å². The Morgan fingerprint density at radius 2 is 2.27 bits per heavy atom. The van der Waals surface area contributed by atoms with Gasteiger partial charge in [-0.3, -0.25) is 0 Å². The number of aliphatic hydroxyl groups is 2. The molecule has 0 saturated carbocycles. The Morgan fingerprint density at radius 3 is 2.91 bits per heavy atom. The number of rotatable bonds is 4. The number of nitrogens with zero attached hydrogens (tertiary/aromatic N) is 4. The molecular formula is C13H18FN5O3. The zero-order valence-electron chi connectivity index (χ0n) is 12.1. The maximum absolute atomic E-state index is 15.2. The van der Waals surface area contributed by atoms with Crippen molar-refractivity contribution in [3.05, 3.63) is 12.7 Å². The van der Waals surface area contributed by atoms with Gasteiger partial charge in [0.2, 0.25) is 0 Å². The van der Waals surface area contributed by atoms with Gasteiger partial charge in [-0.1, -0.05) is 6.92 Å². The average Bonchev–Trinajstić information content (AvgIpc) is 3.03. The highest BCUT2D eigenvalue weighted by atomic mass is 19.1. The first-order valence-electron chi connectivity index (χ1n) is 6.99. The first-order valence-corrected chi connectivity index (χ1v) is 6.99. The van der Waals surface area contributed by atoms with E-state index in [-0.39, 0.29) is 19.0 Å². The number of ether oxygens (including phenoxy) is 1. The predicted octanol–water partition coefficient (Wildman–Crippen LogP) is -0.351. The van der Waals surface area contributed by atoms with Crippen molar-refractivity contribution >= 4 is 17.0 Å². The molecule has 0 bridgehead atoms.